The monoisotopic (exact) mass is 237 g/mol. The minimum atomic E-state index is -0.123. The maximum absolute atomic E-state index is 11.7. The molecule has 0 aromatic carbocycles. The second-order valence-electron chi connectivity index (χ2n) is 3.95. The Labute approximate surface area is 101 Å². The smallest absolute Gasteiger partial charge is 0.252 e. The van der Waals surface area contributed by atoms with Gasteiger partial charge >= 0.3 is 0 Å². The fourth-order valence-electron chi connectivity index (χ4n) is 1.37. The number of nitrogens with zero attached hydrogens (tertiary/aromatic N) is 1. The van der Waals surface area contributed by atoms with Crippen molar-refractivity contribution in [1.82, 2.24) is 10.3 Å². The Morgan fingerprint density at radius 3 is 2.94 bits per heavy atom. The average molecular weight is 237 g/mol. The van der Waals surface area contributed by atoms with E-state index < -0.39 is 0 Å². The molecule has 0 spiro atoms. The van der Waals surface area contributed by atoms with Crippen LogP contribution in [0.2, 0.25) is 0 Å². The molecule has 5 heteroatoms. The molecule has 1 heterocycles. The number of hydrogen-bond donors (Lipinski definition) is 2. The highest BCUT2D eigenvalue weighted by Gasteiger charge is 2.06. The number of ether oxygens (including phenoxy) is 1. The first kappa shape index (κ1) is 13.6. The number of nitrogens with two attached hydrogens (primary N) is 1. The predicted molar refractivity (Wildman–Crippen MR) is 65.8 cm³/mol. The van der Waals surface area contributed by atoms with Crippen molar-refractivity contribution < 1.29 is 9.53 Å². The molecule has 1 atom stereocenters. The van der Waals surface area contributed by atoms with E-state index in [0.29, 0.717) is 25.1 Å². The summed E-state index contributed by atoms with van der Waals surface area (Å²) in [5, 5.41) is 2.79. The third-order valence-electron chi connectivity index (χ3n) is 2.35. The topological polar surface area (TPSA) is 77.2 Å². The third-order valence-corrected chi connectivity index (χ3v) is 2.35. The van der Waals surface area contributed by atoms with Gasteiger partial charge in [0.15, 0.2) is 0 Å². The van der Waals surface area contributed by atoms with Crippen LogP contribution in [0.25, 0.3) is 0 Å². The number of aromatic nitrogens is 1. The first-order valence-corrected chi connectivity index (χ1v) is 5.59. The van der Waals surface area contributed by atoms with E-state index in [1.165, 1.54) is 0 Å². The molecule has 0 aliphatic rings. The molecule has 3 N–H and O–H groups in total. The Balaban J connectivity index is 2.32. The first-order valence-electron chi connectivity index (χ1n) is 5.59. The molecule has 94 valence electrons. The van der Waals surface area contributed by atoms with Crippen molar-refractivity contribution in [1.29, 1.82) is 0 Å². The number of carbonyl (C=O) groups excluding carboxylic acids is 1. The van der Waals surface area contributed by atoms with E-state index in [2.05, 4.69) is 10.3 Å². The highest BCUT2D eigenvalue weighted by atomic mass is 16.5. The lowest BCUT2D eigenvalue weighted by Gasteiger charge is -2.10. The van der Waals surface area contributed by atoms with Crippen molar-refractivity contribution in [2.24, 2.45) is 5.73 Å². The van der Waals surface area contributed by atoms with Gasteiger partial charge in [-0.2, -0.15) is 0 Å². The van der Waals surface area contributed by atoms with Crippen molar-refractivity contribution in [2.45, 2.75) is 19.4 Å². The number of hydrogen-bond acceptors (Lipinski definition) is 4. The van der Waals surface area contributed by atoms with Crippen molar-refractivity contribution in [3.05, 3.63) is 29.6 Å². The Morgan fingerprint density at radius 1 is 1.59 bits per heavy atom. The van der Waals surface area contributed by atoms with Crippen LogP contribution in [0.4, 0.5) is 0 Å². The first-order chi connectivity index (χ1) is 8.13. The molecule has 1 aromatic heterocycles. The summed E-state index contributed by atoms with van der Waals surface area (Å²) < 4.78 is 4.91. The number of rotatable bonds is 6. The van der Waals surface area contributed by atoms with Crippen LogP contribution in [0, 0.1) is 6.92 Å². The van der Waals surface area contributed by atoms with E-state index in [-0.39, 0.29) is 11.9 Å². The standard InChI is InChI=1S/C12H19N3O2/c1-9-3-4-10(7-15-9)12(16)14-6-5-11(13)8-17-2/h3-4,7,11H,5-6,8,13H2,1-2H3,(H,14,16). The maximum Gasteiger partial charge on any atom is 0.252 e. The molecular weight excluding hydrogens is 218 g/mol. The van der Waals surface area contributed by atoms with E-state index in [1.807, 2.05) is 13.0 Å². The zero-order valence-corrected chi connectivity index (χ0v) is 10.3. The van der Waals surface area contributed by atoms with Crippen LogP contribution in [0.3, 0.4) is 0 Å². The zero-order valence-electron chi connectivity index (χ0n) is 10.3. The van der Waals surface area contributed by atoms with Gasteiger partial charge in [0.1, 0.15) is 0 Å². The van der Waals surface area contributed by atoms with E-state index in [4.69, 9.17) is 10.5 Å². The molecule has 0 radical (unpaired) electrons. The lowest BCUT2D eigenvalue weighted by atomic mass is 10.2. The summed E-state index contributed by atoms with van der Waals surface area (Å²) in [6.45, 7) is 2.92. The van der Waals surface area contributed by atoms with Crippen LogP contribution in [0.15, 0.2) is 18.3 Å². The van der Waals surface area contributed by atoms with Gasteiger partial charge in [0.25, 0.3) is 5.91 Å². The van der Waals surface area contributed by atoms with E-state index in [9.17, 15) is 4.79 Å². The normalized spacial score (nSPS) is 12.2. The number of pyridine rings is 1. The molecule has 0 aliphatic heterocycles. The Kier molecular flexibility index (Phi) is 5.59. The molecule has 0 saturated heterocycles. The largest absolute Gasteiger partial charge is 0.383 e. The van der Waals surface area contributed by atoms with Gasteiger partial charge in [-0.05, 0) is 25.5 Å². The summed E-state index contributed by atoms with van der Waals surface area (Å²) in [4.78, 5) is 15.7. The van der Waals surface area contributed by atoms with Crippen LogP contribution in [0.5, 0.6) is 0 Å². The highest BCUT2D eigenvalue weighted by Crippen LogP contribution is 1.99. The number of nitrogens with one attached hydrogen (secondary N) is 1. The van der Waals surface area contributed by atoms with Gasteiger partial charge in [0, 0.05) is 31.6 Å². The number of amides is 1. The lowest BCUT2D eigenvalue weighted by Crippen LogP contribution is -2.32. The molecule has 1 aromatic rings. The van der Waals surface area contributed by atoms with Crippen LogP contribution >= 0.6 is 0 Å². The minimum Gasteiger partial charge on any atom is -0.383 e. The van der Waals surface area contributed by atoms with Crippen molar-refractivity contribution in [2.75, 3.05) is 20.3 Å². The van der Waals surface area contributed by atoms with Gasteiger partial charge in [-0.3, -0.25) is 9.78 Å². The fourth-order valence-corrected chi connectivity index (χ4v) is 1.37. The maximum atomic E-state index is 11.7. The Bertz CT molecular complexity index is 351. The quantitative estimate of drug-likeness (QED) is 0.754. The molecule has 0 bridgehead atoms. The van der Waals surface area contributed by atoms with E-state index >= 15 is 0 Å². The summed E-state index contributed by atoms with van der Waals surface area (Å²) in [6, 6.07) is 3.52. The van der Waals surface area contributed by atoms with Gasteiger partial charge in [0.05, 0.1) is 12.2 Å². The van der Waals surface area contributed by atoms with Crippen LogP contribution in [-0.4, -0.2) is 37.2 Å². The molecule has 0 aliphatic carbocycles. The molecule has 0 fully saturated rings. The molecule has 17 heavy (non-hydrogen) atoms. The van der Waals surface area contributed by atoms with E-state index in [0.717, 1.165) is 5.69 Å². The fraction of sp³-hybridized carbons (Fsp3) is 0.500. The Morgan fingerprint density at radius 2 is 2.35 bits per heavy atom. The van der Waals surface area contributed by atoms with Crippen molar-refractivity contribution >= 4 is 5.91 Å². The van der Waals surface area contributed by atoms with Gasteiger partial charge in [0.2, 0.25) is 0 Å². The molecule has 0 saturated carbocycles. The second kappa shape index (κ2) is 6.98. The van der Waals surface area contributed by atoms with Gasteiger partial charge < -0.3 is 15.8 Å². The van der Waals surface area contributed by atoms with Gasteiger partial charge in [-0.25, -0.2) is 0 Å². The lowest BCUT2D eigenvalue weighted by molar-refractivity contribution is 0.0950. The number of carbonyl (C=O) groups is 1. The number of methoxy groups -OCH3 is 1. The average Bonchev–Trinajstić information content (AvgIpc) is 2.30. The Hall–Kier alpha value is -1.46. The molecular formula is C12H19N3O2. The van der Waals surface area contributed by atoms with Gasteiger partial charge in [-0.1, -0.05) is 0 Å². The predicted octanol–water partition coefficient (Wildman–Crippen LogP) is 0.484. The third kappa shape index (κ3) is 4.93. The summed E-state index contributed by atoms with van der Waals surface area (Å²) in [6.07, 6.45) is 2.26. The number of aryl methyl sites for hydroxylation is 1. The zero-order chi connectivity index (χ0) is 12.7. The van der Waals surface area contributed by atoms with Gasteiger partial charge in [-0.15, -0.1) is 0 Å². The SMILES string of the molecule is COCC(N)CCNC(=O)c1ccc(C)nc1. The van der Waals surface area contributed by atoms with Crippen LogP contribution in [-0.2, 0) is 4.74 Å². The molecule has 1 unspecified atom stereocenters. The van der Waals surface area contributed by atoms with E-state index in [1.54, 1.807) is 19.4 Å². The molecule has 1 amide bonds. The highest BCUT2D eigenvalue weighted by molar-refractivity contribution is 5.93. The van der Waals surface area contributed by atoms with Crippen LogP contribution in [0.1, 0.15) is 22.5 Å². The van der Waals surface area contributed by atoms with Crippen LogP contribution < -0.4 is 11.1 Å². The summed E-state index contributed by atoms with van der Waals surface area (Å²) >= 11 is 0. The summed E-state index contributed by atoms with van der Waals surface area (Å²) in [7, 11) is 1.61. The minimum absolute atomic E-state index is 0.0450. The summed E-state index contributed by atoms with van der Waals surface area (Å²) in [5.74, 6) is -0.123. The second-order valence-corrected chi connectivity index (χ2v) is 3.95. The van der Waals surface area contributed by atoms with Crippen molar-refractivity contribution in [3.8, 4) is 0 Å². The molecule has 5 nitrogen and oxygen atoms in total. The van der Waals surface area contributed by atoms with Crippen molar-refractivity contribution in [3.63, 3.8) is 0 Å². The molecule has 1 rings (SSSR count). The summed E-state index contributed by atoms with van der Waals surface area (Å²) in [5.41, 5.74) is 7.20.